The molecule has 2 aliphatic heterocycles. The summed E-state index contributed by atoms with van der Waals surface area (Å²) in [6.45, 7) is 8.06. The zero-order valence-electron chi connectivity index (χ0n) is 14.3. The van der Waals surface area contributed by atoms with Crippen molar-refractivity contribution in [2.45, 2.75) is 77.8 Å². The number of carbonyl (C=O) groups is 2. The van der Waals surface area contributed by atoms with Crippen LogP contribution in [0.3, 0.4) is 0 Å². The van der Waals surface area contributed by atoms with Gasteiger partial charge in [0.15, 0.2) is 0 Å². The molecule has 0 bridgehead atoms. The van der Waals surface area contributed by atoms with Crippen molar-refractivity contribution < 1.29 is 9.59 Å². The van der Waals surface area contributed by atoms with E-state index in [9.17, 15) is 9.59 Å². The molecule has 2 heterocycles. The topological polar surface area (TPSA) is 40.6 Å². The Kier molecular flexibility index (Phi) is 4.21. The van der Waals surface area contributed by atoms with Crippen molar-refractivity contribution in [2.24, 2.45) is 11.3 Å². The molecule has 1 aliphatic carbocycles. The number of amides is 2. The maximum absolute atomic E-state index is 13.2. The van der Waals surface area contributed by atoms with Crippen molar-refractivity contribution in [2.75, 3.05) is 13.1 Å². The average molecular weight is 306 g/mol. The average Bonchev–Trinajstić information content (AvgIpc) is 2.52. The summed E-state index contributed by atoms with van der Waals surface area (Å²) in [7, 11) is 0. The van der Waals surface area contributed by atoms with Crippen LogP contribution < -0.4 is 0 Å². The minimum atomic E-state index is -0.358. The Morgan fingerprint density at radius 2 is 1.73 bits per heavy atom. The van der Waals surface area contributed by atoms with Gasteiger partial charge in [0.2, 0.25) is 11.8 Å². The predicted molar refractivity (Wildman–Crippen MR) is 86.3 cm³/mol. The minimum absolute atomic E-state index is 0.123. The van der Waals surface area contributed by atoms with Crippen LogP contribution in [0, 0.1) is 11.3 Å². The smallest absolute Gasteiger partial charge is 0.246 e. The van der Waals surface area contributed by atoms with Gasteiger partial charge in [-0.2, -0.15) is 0 Å². The Morgan fingerprint density at radius 1 is 1.14 bits per heavy atom. The first kappa shape index (κ1) is 15.8. The van der Waals surface area contributed by atoms with Gasteiger partial charge in [-0.25, -0.2) is 0 Å². The van der Waals surface area contributed by atoms with Crippen LogP contribution in [0.1, 0.15) is 65.7 Å². The van der Waals surface area contributed by atoms with Gasteiger partial charge in [-0.3, -0.25) is 9.59 Å². The number of hydrogen-bond donors (Lipinski definition) is 0. The molecule has 1 unspecified atom stereocenters. The van der Waals surface area contributed by atoms with Crippen molar-refractivity contribution >= 4 is 11.8 Å². The molecule has 124 valence electrons. The SMILES string of the molecule is CC1CCN(C(=O)C2N(C(C)C)C(=O)C23CCCCC3)CC1. The number of nitrogens with zero attached hydrogens (tertiary/aromatic N) is 2. The number of carbonyl (C=O) groups excluding carboxylic acids is 2. The fourth-order valence-corrected chi connectivity index (χ4v) is 4.65. The van der Waals surface area contributed by atoms with Gasteiger partial charge in [-0.15, -0.1) is 0 Å². The van der Waals surface area contributed by atoms with Crippen LogP contribution in [0.2, 0.25) is 0 Å². The van der Waals surface area contributed by atoms with Crippen molar-refractivity contribution in [3.05, 3.63) is 0 Å². The highest BCUT2D eigenvalue weighted by Crippen LogP contribution is 2.51. The molecule has 0 aromatic rings. The van der Waals surface area contributed by atoms with E-state index in [-0.39, 0.29) is 29.3 Å². The monoisotopic (exact) mass is 306 g/mol. The number of hydrogen-bond acceptors (Lipinski definition) is 2. The van der Waals surface area contributed by atoms with Gasteiger partial charge in [-0.1, -0.05) is 26.2 Å². The summed E-state index contributed by atoms with van der Waals surface area (Å²) < 4.78 is 0. The van der Waals surface area contributed by atoms with E-state index in [4.69, 9.17) is 0 Å². The van der Waals surface area contributed by atoms with Gasteiger partial charge < -0.3 is 9.80 Å². The van der Waals surface area contributed by atoms with E-state index in [2.05, 4.69) is 6.92 Å². The Morgan fingerprint density at radius 3 is 2.27 bits per heavy atom. The van der Waals surface area contributed by atoms with Gasteiger partial charge in [0, 0.05) is 19.1 Å². The first-order chi connectivity index (χ1) is 10.5. The van der Waals surface area contributed by atoms with Gasteiger partial charge in [-0.05, 0) is 45.4 Å². The molecule has 0 aromatic carbocycles. The molecule has 4 nitrogen and oxygen atoms in total. The molecule has 0 N–H and O–H groups in total. The highest BCUT2D eigenvalue weighted by Gasteiger charge is 2.64. The van der Waals surface area contributed by atoms with E-state index in [0.29, 0.717) is 0 Å². The summed E-state index contributed by atoms with van der Waals surface area (Å²) in [4.78, 5) is 29.8. The molecular formula is C18H30N2O2. The highest BCUT2D eigenvalue weighted by molar-refractivity contribution is 6.02. The maximum atomic E-state index is 13.2. The molecule has 3 rings (SSSR count). The second kappa shape index (κ2) is 5.86. The van der Waals surface area contributed by atoms with E-state index in [1.165, 1.54) is 6.42 Å². The molecule has 1 atom stereocenters. The molecule has 2 amide bonds. The summed E-state index contributed by atoms with van der Waals surface area (Å²) in [5, 5.41) is 0. The van der Waals surface area contributed by atoms with E-state index in [0.717, 1.165) is 57.5 Å². The lowest BCUT2D eigenvalue weighted by atomic mass is 9.61. The lowest BCUT2D eigenvalue weighted by Gasteiger charge is -2.59. The summed E-state index contributed by atoms with van der Waals surface area (Å²) in [5.41, 5.74) is -0.358. The summed E-state index contributed by atoms with van der Waals surface area (Å²) >= 11 is 0. The maximum Gasteiger partial charge on any atom is 0.246 e. The molecule has 1 saturated carbocycles. The molecule has 4 heteroatoms. The zero-order valence-corrected chi connectivity index (χ0v) is 14.3. The minimum Gasteiger partial charge on any atom is -0.341 e. The molecule has 0 radical (unpaired) electrons. The fraction of sp³-hybridized carbons (Fsp3) is 0.889. The Bertz CT molecular complexity index is 446. The second-order valence-corrected chi connectivity index (χ2v) is 7.93. The molecular weight excluding hydrogens is 276 g/mol. The zero-order chi connectivity index (χ0) is 15.9. The van der Waals surface area contributed by atoms with Gasteiger partial charge in [0.1, 0.15) is 6.04 Å². The standard InChI is InChI=1S/C18H30N2O2/c1-13(2)20-15(16(21)19-11-7-14(3)8-12-19)18(17(20)22)9-5-4-6-10-18/h13-15H,4-12H2,1-3H3. The van der Waals surface area contributed by atoms with Crippen LogP contribution in [-0.4, -0.2) is 46.8 Å². The van der Waals surface area contributed by atoms with Gasteiger partial charge in [0.05, 0.1) is 5.41 Å². The molecule has 3 aliphatic rings. The third-order valence-corrected chi connectivity index (χ3v) is 6.09. The van der Waals surface area contributed by atoms with Crippen LogP contribution in [0.15, 0.2) is 0 Å². The molecule has 22 heavy (non-hydrogen) atoms. The summed E-state index contributed by atoms with van der Waals surface area (Å²) in [5.74, 6) is 1.19. The molecule has 1 spiro atoms. The predicted octanol–water partition coefficient (Wildman–Crippen LogP) is 2.81. The molecule has 2 saturated heterocycles. The van der Waals surface area contributed by atoms with Crippen LogP contribution in [-0.2, 0) is 9.59 Å². The van der Waals surface area contributed by atoms with E-state index < -0.39 is 0 Å². The second-order valence-electron chi connectivity index (χ2n) is 7.93. The third kappa shape index (κ3) is 2.35. The number of rotatable bonds is 2. The van der Waals surface area contributed by atoms with E-state index in [1.54, 1.807) is 0 Å². The Balaban J connectivity index is 1.80. The lowest BCUT2D eigenvalue weighted by molar-refractivity contribution is -0.190. The highest BCUT2D eigenvalue weighted by atomic mass is 16.2. The first-order valence-electron chi connectivity index (χ1n) is 9.09. The number of piperidine rings is 1. The summed E-state index contributed by atoms with van der Waals surface area (Å²) in [6.07, 6.45) is 7.42. The Labute approximate surface area is 134 Å². The molecule has 0 aromatic heterocycles. The first-order valence-corrected chi connectivity index (χ1v) is 9.09. The van der Waals surface area contributed by atoms with Gasteiger partial charge >= 0.3 is 0 Å². The fourth-order valence-electron chi connectivity index (χ4n) is 4.65. The quantitative estimate of drug-likeness (QED) is 0.736. The van der Waals surface area contributed by atoms with Gasteiger partial charge in [0.25, 0.3) is 0 Å². The number of β-lactam (4-membered cyclic amide) rings is 1. The van der Waals surface area contributed by atoms with Crippen LogP contribution >= 0.6 is 0 Å². The Hall–Kier alpha value is -1.06. The van der Waals surface area contributed by atoms with Crippen molar-refractivity contribution in [1.82, 2.24) is 9.80 Å². The van der Waals surface area contributed by atoms with Crippen LogP contribution in [0.4, 0.5) is 0 Å². The molecule has 3 fully saturated rings. The largest absolute Gasteiger partial charge is 0.341 e. The normalized spacial score (nSPS) is 29.1. The summed E-state index contributed by atoms with van der Waals surface area (Å²) in [6, 6.07) is -0.0635. The van der Waals surface area contributed by atoms with Crippen LogP contribution in [0.5, 0.6) is 0 Å². The van der Waals surface area contributed by atoms with Crippen molar-refractivity contribution in [3.8, 4) is 0 Å². The van der Waals surface area contributed by atoms with Crippen molar-refractivity contribution in [1.29, 1.82) is 0 Å². The van der Waals surface area contributed by atoms with E-state index >= 15 is 0 Å². The van der Waals surface area contributed by atoms with Crippen LogP contribution in [0.25, 0.3) is 0 Å². The number of likely N-dealkylation sites (tertiary alicyclic amines) is 2. The van der Waals surface area contributed by atoms with Crippen molar-refractivity contribution in [3.63, 3.8) is 0 Å². The lowest BCUT2D eigenvalue weighted by Crippen LogP contribution is -2.75. The third-order valence-electron chi connectivity index (χ3n) is 6.09. The van der Waals surface area contributed by atoms with E-state index in [1.807, 2.05) is 23.6 Å².